The average molecular weight is 356 g/mol. The SMILES string of the molecule is Cc1cc(OCC(=O)Nc2nccs2)c2c3c(c(=O)oc2c1)CCC3. The molecule has 0 aliphatic heterocycles. The molecule has 25 heavy (non-hydrogen) atoms. The molecule has 6 nitrogen and oxygen atoms in total. The van der Waals surface area contributed by atoms with Crippen molar-refractivity contribution in [1.82, 2.24) is 4.98 Å². The van der Waals surface area contributed by atoms with Gasteiger partial charge < -0.3 is 9.15 Å². The lowest BCUT2D eigenvalue weighted by Gasteiger charge is -2.12. The van der Waals surface area contributed by atoms with Crippen LogP contribution >= 0.6 is 11.3 Å². The fourth-order valence-corrected chi connectivity index (χ4v) is 3.75. The van der Waals surface area contributed by atoms with Crippen molar-refractivity contribution in [3.63, 3.8) is 0 Å². The molecule has 2 heterocycles. The minimum Gasteiger partial charge on any atom is -0.483 e. The van der Waals surface area contributed by atoms with Crippen molar-refractivity contribution < 1.29 is 13.9 Å². The van der Waals surface area contributed by atoms with Crippen LogP contribution in [-0.2, 0) is 17.6 Å². The second-order valence-electron chi connectivity index (χ2n) is 6.01. The number of anilines is 1. The number of fused-ring (bicyclic) bond motifs is 3. The van der Waals surface area contributed by atoms with Crippen LogP contribution in [0, 0.1) is 6.92 Å². The normalized spacial score (nSPS) is 13.0. The number of carbonyl (C=O) groups excluding carboxylic acids is 1. The highest BCUT2D eigenvalue weighted by Gasteiger charge is 2.22. The first-order valence-electron chi connectivity index (χ1n) is 8.03. The van der Waals surface area contributed by atoms with E-state index in [-0.39, 0.29) is 18.1 Å². The van der Waals surface area contributed by atoms with E-state index in [4.69, 9.17) is 9.15 Å². The summed E-state index contributed by atoms with van der Waals surface area (Å²) in [5, 5.41) is 5.82. The molecule has 0 spiro atoms. The molecule has 4 rings (SSSR count). The van der Waals surface area contributed by atoms with Crippen LogP contribution in [0.5, 0.6) is 5.75 Å². The molecule has 0 atom stereocenters. The van der Waals surface area contributed by atoms with Crippen molar-refractivity contribution in [3.8, 4) is 5.75 Å². The minimum atomic E-state index is -0.279. The molecule has 1 aromatic carbocycles. The third kappa shape index (κ3) is 3.02. The van der Waals surface area contributed by atoms with Crippen LogP contribution in [0.3, 0.4) is 0 Å². The Labute approximate surface area is 147 Å². The van der Waals surface area contributed by atoms with E-state index in [9.17, 15) is 9.59 Å². The van der Waals surface area contributed by atoms with Gasteiger partial charge in [0.25, 0.3) is 5.91 Å². The van der Waals surface area contributed by atoms with Gasteiger partial charge in [0.1, 0.15) is 11.3 Å². The zero-order chi connectivity index (χ0) is 17.4. The zero-order valence-corrected chi connectivity index (χ0v) is 14.4. The average Bonchev–Trinajstić information content (AvgIpc) is 3.24. The zero-order valence-electron chi connectivity index (χ0n) is 13.6. The van der Waals surface area contributed by atoms with E-state index in [1.54, 1.807) is 11.6 Å². The van der Waals surface area contributed by atoms with Crippen molar-refractivity contribution in [1.29, 1.82) is 0 Å². The molecule has 0 radical (unpaired) electrons. The second kappa shape index (κ2) is 6.33. The fourth-order valence-electron chi connectivity index (χ4n) is 3.20. The number of hydrogen-bond acceptors (Lipinski definition) is 6. The van der Waals surface area contributed by atoms with E-state index < -0.39 is 0 Å². The fraction of sp³-hybridized carbons (Fsp3) is 0.278. The molecular formula is C18H16N2O4S. The molecule has 128 valence electrons. The Bertz CT molecular complexity index is 1010. The number of hydrogen-bond donors (Lipinski definition) is 1. The molecule has 1 aliphatic rings. The number of carbonyl (C=O) groups is 1. The van der Waals surface area contributed by atoms with E-state index >= 15 is 0 Å². The van der Waals surface area contributed by atoms with Crippen LogP contribution in [0.15, 0.2) is 32.9 Å². The highest BCUT2D eigenvalue weighted by Crippen LogP contribution is 2.35. The van der Waals surface area contributed by atoms with Gasteiger partial charge in [-0.05, 0) is 49.4 Å². The Morgan fingerprint density at radius 2 is 2.20 bits per heavy atom. The Morgan fingerprint density at radius 3 is 3.00 bits per heavy atom. The predicted octanol–water partition coefficient (Wildman–Crippen LogP) is 3.06. The van der Waals surface area contributed by atoms with Gasteiger partial charge >= 0.3 is 5.63 Å². The molecule has 1 amide bonds. The molecule has 0 bridgehead atoms. The summed E-state index contributed by atoms with van der Waals surface area (Å²) in [7, 11) is 0. The predicted molar refractivity (Wildman–Crippen MR) is 95.5 cm³/mol. The monoisotopic (exact) mass is 356 g/mol. The molecule has 0 saturated heterocycles. The number of thiazole rings is 1. The van der Waals surface area contributed by atoms with Gasteiger partial charge in [-0.2, -0.15) is 0 Å². The lowest BCUT2D eigenvalue weighted by molar-refractivity contribution is -0.118. The maximum absolute atomic E-state index is 12.1. The number of benzene rings is 1. The Kier molecular flexibility index (Phi) is 4.01. The second-order valence-corrected chi connectivity index (χ2v) is 6.91. The number of aromatic nitrogens is 1. The summed E-state index contributed by atoms with van der Waals surface area (Å²) in [5.74, 6) is 0.296. The van der Waals surface area contributed by atoms with Crippen molar-refractivity contribution in [3.05, 3.63) is 50.8 Å². The molecule has 1 N–H and O–H groups in total. The molecule has 0 fully saturated rings. The number of aryl methyl sites for hydroxylation is 2. The van der Waals surface area contributed by atoms with Crippen LogP contribution in [0.25, 0.3) is 11.0 Å². The van der Waals surface area contributed by atoms with Gasteiger partial charge in [-0.15, -0.1) is 11.3 Å². The Hall–Kier alpha value is -2.67. The van der Waals surface area contributed by atoms with E-state index in [1.165, 1.54) is 11.3 Å². The van der Waals surface area contributed by atoms with Gasteiger partial charge in [-0.25, -0.2) is 9.78 Å². The number of ether oxygens (including phenoxy) is 1. The van der Waals surface area contributed by atoms with Crippen molar-refractivity contribution >= 4 is 33.3 Å². The lowest BCUT2D eigenvalue weighted by atomic mass is 10.0. The van der Waals surface area contributed by atoms with Crippen LogP contribution in [0.2, 0.25) is 0 Å². The highest BCUT2D eigenvalue weighted by atomic mass is 32.1. The molecule has 1 aliphatic carbocycles. The first-order chi connectivity index (χ1) is 12.1. The number of rotatable bonds is 4. The van der Waals surface area contributed by atoms with Gasteiger partial charge in [0.2, 0.25) is 0 Å². The summed E-state index contributed by atoms with van der Waals surface area (Å²) in [4.78, 5) is 28.2. The van der Waals surface area contributed by atoms with Gasteiger partial charge in [0.15, 0.2) is 11.7 Å². The maximum atomic E-state index is 12.1. The van der Waals surface area contributed by atoms with Crippen LogP contribution in [0.1, 0.15) is 23.1 Å². The quantitative estimate of drug-likeness (QED) is 0.727. The number of amides is 1. The van der Waals surface area contributed by atoms with Crippen molar-refractivity contribution in [2.75, 3.05) is 11.9 Å². The third-order valence-corrected chi connectivity index (χ3v) is 4.90. The van der Waals surface area contributed by atoms with Gasteiger partial charge in [0, 0.05) is 17.1 Å². The summed E-state index contributed by atoms with van der Waals surface area (Å²) in [5.41, 5.74) is 2.87. The van der Waals surface area contributed by atoms with Gasteiger partial charge in [-0.1, -0.05) is 0 Å². The molecular weight excluding hydrogens is 340 g/mol. The molecule has 3 aromatic rings. The van der Waals surface area contributed by atoms with E-state index in [0.717, 1.165) is 41.3 Å². The van der Waals surface area contributed by atoms with Crippen molar-refractivity contribution in [2.45, 2.75) is 26.2 Å². The Morgan fingerprint density at radius 1 is 1.36 bits per heavy atom. The largest absolute Gasteiger partial charge is 0.483 e. The highest BCUT2D eigenvalue weighted by molar-refractivity contribution is 7.13. The van der Waals surface area contributed by atoms with Crippen LogP contribution in [0.4, 0.5) is 5.13 Å². The minimum absolute atomic E-state index is 0.133. The summed E-state index contributed by atoms with van der Waals surface area (Å²) in [6.07, 6.45) is 4.10. The van der Waals surface area contributed by atoms with Gasteiger partial charge in [-0.3, -0.25) is 10.1 Å². The number of nitrogens with one attached hydrogen (secondary N) is 1. The standard InChI is InChI=1S/C18H16N2O4S/c1-10-7-13(23-9-15(21)20-18-19-5-6-25-18)16-11-3-2-4-12(11)17(22)24-14(16)8-10/h5-8H,2-4,9H2,1H3,(H,19,20,21). The molecule has 2 aromatic heterocycles. The summed E-state index contributed by atoms with van der Waals surface area (Å²) in [6, 6.07) is 3.70. The van der Waals surface area contributed by atoms with Crippen LogP contribution < -0.4 is 15.7 Å². The summed E-state index contributed by atoms with van der Waals surface area (Å²) in [6.45, 7) is 1.77. The molecule has 0 saturated carbocycles. The third-order valence-electron chi connectivity index (χ3n) is 4.22. The lowest BCUT2D eigenvalue weighted by Crippen LogP contribution is -2.20. The van der Waals surface area contributed by atoms with E-state index in [2.05, 4.69) is 10.3 Å². The molecule has 7 heteroatoms. The van der Waals surface area contributed by atoms with E-state index in [1.807, 2.05) is 19.1 Å². The smallest absolute Gasteiger partial charge is 0.339 e. The summed E-state index contributed by atoms with van der Waals surface area (Å²) < 4.78 is 11.3. The first kappa shape index (κ1) is 15.8. The Balaban J connectivity index is 1.66. The van der Waals surface area contributed by atoms with E-state index in [0.29, 0.717) is 16.5 Å². The topological polar surface area (TPSA) is 81.4 Å². The summed E-state index contributed by atoms with van der Waals surface area (Å²) >= 11 is 1.35. The maximum Gasteiger partial charge on any atom is 0.339 e. The number of nitrogens with zero attached hydrogens (tertiary/aromatic N) is 1. The van der Waals surface area contributed by atoms with Crippen molar-refractivity contribution in [2.24, 2.45) is 0 Å². The molecule has 0 unspecified atom stereocenters. The van der Waals surface area contributed by atoms with Crippen LogP contribution in [-0.4, -0.2) is 17.5 Å². The van der Waals surface area contributed by atoms with Gasteiger partial charge in [0.05, 0.1) is 5.39 Å². The first-order valence-corrected chi connectivity index (χ1v) is 8.91.